The Labute approximate surface area is 212 Å². The lowest BCUT2D eigenvalue weighted by Crippen LogP contribution is -2.39. The maximum atomic E-state index is 13.5. The molecule has 3 aliphatic heterocycles. The number of rotatable bonds is 6. The molecule has 0 radical (unpaired) electrons. The maximum Gasteiger partial charge on any atom is 0.265 e. The normalized spacial score (nSPS) is 30.1. The molecule has 0 amide bonds. The van der Waals surface area contributed by atoms with Gasteiger partial charge in [0, 0.05) is 25.3 Å². The smallest absolute Gasteiger partial charge is 0.265 e. The summed E-state index contributed by atoms with van der Waals surface area (Å²) in [4.78, 5) is 4.86. The molecule has 4 heterocycles. The molecule has 1 saturated heterocycles. The van der Waals surface area contributed by atoms with Gasteiger partial charge in [0.15, 0.2) is 12.0 Å². The lowest BCUT2D eigenvalue weighted by Gasteiger charge is -2.31. The van der Waals surface area contributed by atoms with Gasteiger partial charge in [0.05, 0.1) is 29.4 Å². The first-order chi connectivity index (χ1) is 17.5. The summed E-state index contributed by atoms with van der Waals surface area (Å²) in [7, 11) is -3.74. The van der Waals surface area contributed by atoms with E-state index in [0.29, 0.717) is 11.7 Å². The van der Waals surface area contributed by atoms with E-state index >= 15 is 0 Å². The van der Waals surface area contributed by atoms with E-state index in [1.165, 1.54) is 4.31 Å². The highest BCUT2D eigenvalue weighted by Crippen LogP contribution is 2.45. The second-order valence-corrected chi connectivity index (χ2v) is 12.1. The number of aromatic nitrogens is 3. The molecule has 1 aromatic heterocycles. The molecule has 10 heteroatoms. The first-order valence-corrected chi connectivity index (χ1v) is 14.4. The Morgan fingerprint density at radius 1 is 1.08 bits per heavy atom. The monoisotopic (exact) mass is 511 g/mol. The SMILES string of the molecule is CCC1CC(OC2CCOCC2)CC1c1nnc2n1C1C=CN(S(=O)(=O)c3ccc(C)cc3)C1N=C2. The maximum absolute atomic E-state index is 13.5. The van der Waals surface area contributed by atoms with E-state index in [1.54, 1.807) is 24.5 Å². The van der Waals surface area contributed by atoms with Crippen molar-refractivity contribution in [2.45, 2.75) is 81.2 Å². The summed E-state index contributed by atoms with van der Waals surface area (Å²) in [5.41, 5.74) is 1.01. The van der Waals surface area contributed by atoms with E-state index in [9.17, 15) is 8.42 Å². The van der Waals surface area contributed by atoms with Gasteiger partial charge in [0.25, 0.3) is 10.0 Å². The number of aliphatic imine (C=N–C) groups is 1. The van der Waals surface area contributed by atoms with Crippen LogP contribution in [0, 0.1) is 12.8 Å². The van der Waals surface area contributed by atoms with Crippen LogP contribution < -0.4 is 0 Å². The predicted octanol–water partition coefficient (Wildman–Crippen LogP) is 3.57. The number of hydrogen-bond acceptors (Lipinski definition) is 7. The van der Waals surface area contributed by atoms with Gasteiger partial charge >= 0.3 is 0 Å². The Bertz CT molecular complexity index is 1270. The van der Waals surface area contributed by atoms with Crippen molar-refractivity contribution in [1.29, 1.82) is 0 Å². The number of hydrogen-bond donors (Lipinski definition) is 0. The minimum absolute atomic E-state index is 0.196. The van der Waals surface area contributed by atoms with Crippen LogP contribution in [-0.4, -0.2) is 65.3 Å². The third kappa shape index (κ3) is 4.09. The Balaban J connectivity index is 1.25. The summed E-state index contributed by atoms with van der Waals surface area (Å²) in [5, 5.41) is 9.05. The molecule has 2 fully saturated rings. The first-order valence-electron chi connectivity index (χ1n) is 13.0. The molecule has 9 nitrogen and oxygen atoms in total. The summed E-state index contributed by atoms with van der Waals surface area (Å²) in [6, 6.07) is 6.65. The molecule has 36 heavy (non-hydrogen) atoms. The van der Waals surface area contributed by atoms with E-state index in [0.717, 1.165) is 56.7 Å². The average Bonchev–Trinajstić information content (AvgIpc) is 3.60. The van der Waals surface area contributed by atoms with Crippen LogP contribution in [-0.2, 0) is 19.5 Å². The quantitative estimate of drug-likeness (QED) is 0.588. The number of ether oxygens (including phenoxy) is 2. The summed E-state index contributed by atoms with van der Waals surface area (Å²) >= 11 is 0. The highest BCUT2D eigenvalue weighted by atomic mass is 32.2. The van der Waals surface area contributed by atoms with E-state index in [-0.39, 0.29) is 29.1 Å². The molecular formula is C26H33N5O4S. The van der Waals surface area contributed by atoms with E-state index in [4.69, 9.17) is 9.47 Å². The molecule has 0 bridgehead atoms. The number of nitrogens with zero attached hydrogens (tertiary/aromatic N) is 5. The second-order valence-electron chi connectivity index (χ2n) is 10.3. The molecule has 5 unspecified atom stereocenters. The van der Waals surface area contributed by atoms with Gasteiger partial charge in [-0.1, -0.05) is 31.0 Å². The minimum Gasteiger partial charge on any atom is -0.381 e. The fourth-order valence-corrected chi connectivity index (χ4v) is 7.50. The summed E-state index contributed by atoms with van der Waals surface area (Å²) in [6.45, 7) is 5.70. The van der Waals surface area contributed by atoms with Crippen LogP contribution in [0.25, 0.3) is 0 Å². The van der Waals surface area contributed by atoms with Crippen LogP contribution in [0.5, 0.6) is 0 Å². The molecule has 6 rings (SSSR count). The van der Waals surface area contributed by atoms with Gasteiger partial charge in [-0.05, 0) is 56.7 Å². The molecule has 2 aromatic rings. The van der Waals surface area contributed by atoms with E-state index in [2.05, 4.69) is 26.7 Å². The van der Waals surface area contributed by atoms with Crippen LogP contribution in [0.4, 0.5) is 0 Å². The molecule has 192 valence electrons. The first kappa shape index (κ1) is 23.8. The van der Waals surface area contributed by atoms with Crippen LogP contribution in [0.1, 0.15) is 68.2 Å². The predicted molar refractivity (Wildman–Crippen MR) is 134 cm³/mol. The average molecular weight is 512 g/mol. The zero-order valence-electron chi connectivity index (χ0n) is 20.7. The number of benzene rings is 1. The molecule has 1 aromatic carbocycles. The van der Waals surface area contributed by atoms with Crippen LogP contribution in [0.15, 0.2) is 46.4 Å². The lowest BCUT2D eigenvalue weighted by atomic mass is 9.92. The van der Waals surface area contributed by atoms with E-state index in [1.807, 2.05) is 25.1 Å². The molecular weight excluding hydrogens is 478 g/mol. The largest absolute Gasteiger partial charge is 0.381 e. The number of aryl methyl sites for hydroxylation is 1. The van der Waals surface area contributed by atoms with Crippen molar-refractivity contribution in [2.75, 3.05) is 13.2 Å². The highest BCUT2D eigenvalue weighted by Gasteiger charge is 2.45. The summed E-state index contributed by atoms with van der Waals surface area (Å²) in [5.74, 6) is 2.24. The molecule has 5 atom stereocenters. The van der Waals surface area contributed by atoms with Gasteiger partial charge in [-0.15, -0.1) is 10.2 Å². The third-order valence-corrected chi connectivity index (χ3v) is 9.80. The highest BCUT2D eigenvalue weighted by molar-refractivity contribution is 7.89. The second kappa shape index (κ2) is 9.39. The molecule has 1 aliphatic carbocycles. The van der Waals surface area contributed by atoms with Crippen molar-refractivity contribution in [3.8, 4) is 0 Å². The summed E-state index contributed by atoms with van der Waals surface area (Å²) < 4.78 is 42.4. The van der Waals surface area contributed by atoms with E-state index < -0.39 is 16.2 Å². The summed E-state index contributed by atoms with van der Waals surface area (Å²) in [6.07, 6.45) is 9.94. The van der Waals surface area contributed by atoms with Crippen molar-refractivity contribution in [3.05, 3.63) is 53.8 Å². The van der Waals surface area contributed by atoms with Crippen molar-refractivity contribution in [2.24, 2.45) is 10.9 Å². The molecule has 4 aliphatic rings. The van der Waals surface area contributed by atoms with Crippen molar-refractivity contribution in [3.63, 3.8) is 0 Å². The zero-order chi connectivity index (χ0) is 24.9. The molecule has 0 N–H and O–H groups in total. The van der Waals surface area contributed by atoms with Gasteiger partial charge in [0.2, 0.25) is 0 Å². The van der Waals surface area contributed by atoms with Gasteiger partial charge in [-0.25, -0.2) is 12.7 Å². The van der Waals surface area contributed by atoms with Crippen molar-refractivity contribution in [1.82, 2.24) is 19.1 Å². The Kier molecular flexibility index (Phi) is 6.21. The van der Waals surface area contributed by atoms with Crippen LogP contribution in [0.2, 0.25) is 0 Å². The molecule has 0 spiro atoms. The molecule has 1 saturated carbocycles. The van der Waals surface area contributed by atoms with Crippen LogP contribution in [0.3, 0.4) is 0 Å². The number of sulfonamides is 1. The van der Waals surface area contributed by atoms with Crippen molar-refractivity contribution < 1.29 is 17.9 Å². The number of fused-ring (bicyclic) bond motifs is 3. The standard InChI is InChI=1S/C26H33N5O4S/c1-3-18-14-20(35-19-9-12-34-13-10-19)15-22(18)25-29-28-24-16-27-26-23(31(24)25)8-11-30(26)36(32,33)21-6-4-17(2)5-7-21/h4-8,11,16,18-20,22-23,26H,3,9-10,12-15H2,1-2H3. The Morgan fingerprint density at radius 2 is 1.86 bits per heavy atom. The Hall–Kier alpha value is -2.56. The Morgan fingerprint density at radius 3 is 2.61 bits per heavy atom. The van der Waals surface area contributed by atoms with Gasteiger partial charge in [-0.2, -0.15) is 0 Å². The van der Waals surface area contributed by atoms with Crippen molar-refractivity contribution >= 4 is 16.2 Å². The third-order valence-electron chi connectivity index (χ3n) is 8.04. The zero-order valence-corrected chi connectivity index (χ0v) is 21.5. The van der Waals surface area contributed by atoms with Gasteiger partial charge < -0.3 is 9.47 Å². The minimum atomic E-state index is -3.74. The van der Waals surface area contributed by atoms with Crippen LogP contribution >= 0.6 is 0 Å². The fraction of sp³-hybridized carbons (Fsp3) is 0.577. The topological polar surface area (TPSA) is 98.9 Å². The van der Waals surface area contributed by atoms with Gasteiger partial charge in [0.1, 0.15) is 5.82 Å². The van der Waals surface area contributed by atoms with Gasteiger partial charge in [-0.3, -0.25) is 9.56 Å². The lowest BCUT2D eigenvalue weighted by molar-refractivity contribution is -0.0669. The fourth-order valence-electron chi connectivity index (χ4n) is 6.08.